The van der Waals surface area contributed by atoms with Crippen molar-refractivity contribution in [3.63, 3.8) is 0 Å². The van der Waals surface area contributed by atoms with Gasteiger partial charge >= 0.3 is 12.4 Å². The molecule has 0 N–H and O–H groups in total. The number of ether oxygens (including phenoxy) is 2. The van der Waals surface area contributed by atoms with Crippen molar-refractivity contribution in [2.45, 2.75) is 96.8 Å². The Balaban J connectivity index is 3.05. The van der Waals surface area contributed by atoms with Gasteiger partial charge in [-0.3, -0.25) is 0 Å². The second kappa shape index (κ2) is 19.0. The summed E-state index contributed by atoms with van der Waals surface area (Å²) in [6.07, 6.45) is 18.2. The van der Waals surface area contributed by atoms with Gasteiger partial charge in [0.05, 0.1) is 6.61 Å². The van der Waals surface area contributed by atoms with Crippen molar-refractivity contribution in [3.8, 4) is 0 Å². The average molecular weight is 327 g/mol. The average Bonchev–Trinajstić information content (AvgIpc) is 2.56. The Hall–Kier alpha value is -1.06. The van der Waals surface area contributed by atoms with Crippen LogP contribution in [0.3, 0.4) is 0 Å². The molecule has 0 amide bonds. The van der Waals surface area contributed by atoms with Crippen molar-refractivity contribution < 1.29 is 19.1 Å². The van der Waals surface area contributed by atoms with Crippen LogP contribution in [0.25, 0.3) is 0 Å². The molecule has 0 aliphatic carbocycles. The highest BCUT2D eigenvalue weighted by Gasteiger charge is 2.02. The number of unbranched alkanes of at least 4 members (excludes halogenated alkanes) is 13. The summed E-state index contributed by atoms with van der Waals surface area (Å²) in [5.41, 5.74) is 0. The van der Waals surface area contributed by atoms with Crippen molar-refractivity contribution in [1.29, 1.82) is 0 Å². The van der Waals surface area contributed by atoms with Gasteiger partial charge in [0.25, 0.3) is 0 Å². The molecule has 4 nitrogen and oxygen atoms in total. The smallest absolute Gasteiger partial charge is 0.418 e. The van der Waals surface area contributed by atoms with Gasteiger partial charge in [-0.1, -0.05) is 90.4 Å². The van der Waals surface area contributed by atoms with E-state index in [1.54, 1.807) is 0 Å². The summed E-state index contributed by atoms with van der Waals surface area (Å²) in [5, 5.41) is 0. The molecule has 0 saturated heterocycles. The van der Waals surface area contributed by atoms with Crippen LogP contribution in [-0.4, -0.2) is 25.7 Å². The molecule has 0 heterocycles. The van der Waals surface area contributed by atoms with E-state index in [1.807, 2.05) is 0 Å². The van der Waals surface area contributed by atoms with Gasteiger partial charge in [0.2, 0.25) is 0 Å². The number of hydrogen-bond donors (Lipinski definition) is 0. The summed E-state index contributed by atoms with van der Waals surface area (Å²) in [4.78, 5) is 20.8. The molecule has 0 aromatic carbocycles. The number of carbonyl (C=O) groups is 1. The zero-order valence-electron chi connectivity index (χ0n) is 14.9. The van der Waals surface area contributed by atoms with Crippen LogP contribution in [0.2, 0.25) is 0 Å². The summed E-state index contributed by atoms with van der Waals surface area (Å²) >= 11 is 0. The molecule has 0 unspecified atom stereocenters. The highest BCUT2D eigenvalue weighted by atomic mass is 16.6. The summed E-state index contributed by atoms with van der Waals surface area (Å²) in [6, 6.07) is 0. The lowest BCUT2D eigenvalue weighted by molar-refractivity contribution is -0.146. The van der Waals surface area contributed by atoms with Crippen LogP contribution in [0.15, 0.2) is 0 Å². The molecule has 0 aromatic rings. The van der Waals surface area contributed by atoms with Gasteiger partial charge in [0, 0.05) is 0 Å². The van der Waals surface area contributed by atoms with E-state index in [9.17, 15) is 9.59 Å². The standard InChI is InChI=1S/C19H35O4/c1-2-3-4-5-6-7-8-9-10-11-12-13-14-15-16-23-19(21)17-22-18-20/h2-17H2,1H3. The number of rotatable bonds is 18. The molecule has 0 aromatic heterocycles. The molecular weight excluding hydrogens is 292 g/mol. The van der Waals surface area contributed by atoms with Gasteiger partial charge in [-0.05, 0) is 6.42 Å². The minimum Gasteiger partial charge on any atom is -0.463 e. The molecule has 0 fully saturated rings. The van der Waals surface area contributed by atoms with E-state index in [1.165, 1.54) is 83.5 Å². The summed E-state index contributed by atoms with van der Waals surface area (Å²) in [7, 11) is 0. The molecule has 0 spiro atoms. The summed E-state index contributed by atoms with van der Waals surface area (Å²) in [6.45, 7) is 3.55. The minimum absolute atomic E-state index is 0.331. The lowest BCUT2D eigenvalue weighted by Crippen LogP contribution is -2.12. The molecular formula is C19H35O4. The maximum atomic E-state index is 11.0. The molecule has 0 aliphatic rings. The lowest BCUT2D eigenvalue weighted by atomic mass is 10.0. The van der Waals surface area contributed by atoms with Crippen LogP contribution in [-0.2, 0) is 19.1 Å². The number of esters is 1. The first kappa shape index (κ1) is 21.9. The molecule has 4 heteroatoms. The van der Waals surface area contributed by atoms with Crippen molar-refractivity contribution in [3.05, 3.63) is 0 Å². The first-order chi connectivity index (χ1) is 11.3. The third-order valence-corrected chi connectivity index (χ3v) is 4.01. The van der Waals surface area contributed by atoms with Crippen molar-refractivity contribution in [1.82, 2.24) is 0 Å². The fraction of sp³-hybridized carbons (Fsp3) is 0.895. The Bertz CT molecular complexity index is 266. The van der Waals surface area contributed by atoms with Crippen molar-refractivity contribution >= 4 is 12.4 Å². The van der Waals surface area contributed by atoms with E-state index in [2.05, 4.69) is 11.7 Å². The van der Waals surface area contributed by atoms with Crippen LogP contribution in [0, 0.1) is 0 Å². The lowest BCUT2D eigenvalue weighted by Gasteiger charge is -2.04. The zero-order chi connectivity index (χ0) is 17.0. The minimum atomic E-state index is -0.497. The number of carbonyl (C=O) groups excluding carboxylic acids is 2. The van der Waals surface area contributed by atoms with E-state index in [0.29, 0.717) is 6.61 Å². The van der Waals surface area contributed by atoms with E-state index in [4.69, 9.17) is 4.74 Å². The Morgan fingerprint density at radius 1 is 0.739 bits per heavy atom. The van der Waals surface area contributed by atoms with Gasteiger partial charge in [-0.25, -0.2) is 9.59 Å². The summed E-state index contributed by atoms with van der Waals surface area (Å²) in [5.74, 6) is -0.497. The second-order valence-electron chi connectivity index (χ2n) is 6.19. The van der Waals surface area contributed by atoms with Crippen LogP contribution >= 0.6 is 0 Å². The molecule has 23 heavy (non-hydrogen) atoms. The Kier molecular flexibility index (Phi) is 18.1. The van der Waals surface area contributed by atoms with E-state index < -0.39 is 5.97 Å². The Morgan fingerprint density at radius 3 is 1.61 bits per heavy atom. The largest absolute Gasteiger partial charge is 0.463 e. The predicted octanol–water partition coefficient (Wildman–Crippen LogP) is 5.09. The van der Waals surface area contributed by atoms with Crippen molar-refractivity contribution in [2.75, 3.05) is 13.2 Å². The van der Waals surface area contributed by atoms with Gasteiger partial charge in [0.1, 0.15) is 0 Å². The zero-order valence-corrected chi connectivity index (χ0v) is 14.9. The predicted molar refractivity (Wildman–Crippen MR) is 92.9 cm³/mol. The highest BCUT2D eigenvalue weighted by molar-refractivity contribution is 5.71. The second-order valence-corrected chi connectivity index (χ2v) is 6.19. The molecule has 1 radical (unpaired) electrons. The third-order valence-electron chi connectivity index (χ3n) is 4.01. The molecule has 0 aliphatic heterocycles. The maximum Gasteiger partial charge on any atom is 0.418 e. The van der Waals surface area contributed by atoms with Crippen LogP contribution in [0.4, 0.5) is 0 Å². The van der Waals surface area contributed by atoms with Gasteiger partial charge in [-0.2, -0.15) is 0 Å². The normalized spacial score (nSPS) is 10.5. The fourth-order valence-electron chi connectivity index (χ4n) is 2.61. The first-order valence-corrected chi connectivity index (χ1v) is 9.45. The van der Waals surface area contributed by atoms with Crippen LogP contribution < -0.4 is 0 Å². The first-order valence-electron chi connectivity index (χ1n) is 9.45. The van der Waals surface area contributed by atoms with Gasteiger partial charge in [0.15, 0.2) is 6.61 Å². The van der Waals surface area contributed by atoms with Gasteiger partial charge in [-0.15, -0.1) is 0 Å². The third kappa shape index (κ3) is 18.9. The molecule has 0 rings (SSSR count). The van der Waals surface area contributed by atoms with Gasteiger partial charge < -0.3 is 9.47 Å². The van der Waals surface area contributed by atoms with Crippen LogP contribution in [0.5, 0.6) is 0 Å². The topological polar surface area (TPSA) is 52.6 Å². The van der Waals surface area contributed by atoms with Crippen LogP contribution in [0.1, 0.15) is 96.8 Å². The quantitative estimate of drug-likeness (QED) is 0.260. The van der Waals surface area contributed by atoms with E-state index in [-0.39, 0.29) is 6.61 Å². The molecule has 0 bridgehead atoms. The SMILES string of the molecule is CCCCCCCCCCCCCCCCOC(=O)CO[C]=O. The monoisotopic (exact) mass is 327 g/mol. The van der Waals surface area contributed by atoms with E-state index >= 15 is 0 Å². The molecule has 0 saturated carbocycles. The molecule has 135 valence electrons. The highest BCUT2D eigenvalue weighted by Crippen LogP contribution is 2.12. The molecule has 0 atom stereocenters. The maximum absolute atomic E-state index is 11.0. The van der Waals surface area contributed by atoms with Crippen molar-refractivity contribution in [2.24, 2.45) is 0 Å². The Labute approximate surface area is 142 Å². The summed E-state index contributed by atoms with van der Waals surface area (Å²) < 4.78 is 9.10. The number of hydrogen-bond acceptors (Lipinski definition) is 4. The Morgan fingerprint density at radius 2 is 1.17 bits per heavy atom. The van der Waals surface area contributed by atoms with E-state index in [0.717, 1.165) is 12.8 Å². The fourth-order valence-corrected chi connectivity index (χ4v) is 2.61.